The number of anilines is 1. The van der Waals surface area contributed by atoms with Gasteiger partial charge in [0, 0.05) is 22.0 Å². The van der Waals surface area contributed by atoms with Crippen LogP contribution in [0.15, 0.2) is 78.0 Å². The molecule has 0 atom stereocenters. The number of carbonyl (C=O) groups is 1. The summed E-state index contributed by atoms with van der Waals surface area (Å²) in [6.07, 6.45) is 0. The molecule has 0 aliphatic carbocycles. The number of carbonyl (C=O) groups excluding carboxylic acids is 1. The molecule has 0 aliphatic rings. The number of thioether (sulfide) groups is 1. The zero-order valence-corrected chi connectivity index (χ0v) is 18.5. The molecule has 0 bridgehead atoms. The quantitative estimate of drug-likeness (QED) is 0.364. The minimum absolute atomic E-state index is 0.0748. The van der Waals surface area contributed by atoms with Crippen molar-refractivity contribution in [2.24, 2.45) is 0 Å². The Kier molecular flexibility index (Phi) is 6.72. The maximum Gasteiger partial charge on any atom is 0.234 e. The van der Waals surface area contributed by atoms with Crippen LogP contribution in [0.3, 0.4) is 0 Å². The third kappa shape index (κ3) is 5.09. The van der Waals surface area contributed by atoms with Gasteiger partial charge in [-0.05, 0) is 66.7 Å². The van der Waals surface area contributed by atoms with E-state index in [0.717, 1.165) is 17.0 Å². The molecule has 4 aromatic rings. The summed E-state index contributed by atoms with van der Waals surface area (Å²) in [5.74, 6) is 0.712. The number of nitrogens with one attached hydrogen (secondary N) is 1. The molecule has 32 heavy (non-hydrogen) atoms. The summed E-state index contributed by atoms with van der Waals surface area (Å²) in [7, 11) is 1.60. The van der Waals surface area contributed by atoms with Gasteiger partial charge >= 0.3 is 0 Å². The number of rotatable bonds is 7. The molecule has 1 amide bonds. The number of amides is 1. The van der Waals surface area contributed by atoms with Gasteiger partial charge in [0.15, 0.2) is 11.0 Å². The Labute approximate surface area is 193 Å². The molecule has 4 rings (SSSR count). The Morgan fingerprint density at radius 3 is 2.53 bits per heavy atom. The van der Waals surface area contributed by atoms with E-state index in [1.165, 1.54) is 30.0 Å². The van der Waals surface area contributed by atoms with E-state index in [1.54, 1.807) is 25.3 Å². The normalized spacial score (nSPS) is 10.7. The molecule has 1 heterocycles. The van der Waals surface area contributed by atoms with Crippen LogP contribution in [-0.4, -0.2) is 33.5 Å². The van der Waals surface area contributed by atoms with Crippen LogP contribution in [0.4, 0.5) is 10.1 Å². The predicted octanol–water partition coefficient (Wildman–Crippen LogP) is 5.47. The Balaban J connectivity index is 1.61. The first kappa shape index (κ1) is 21.9. The van der Waals surface area contributed by atoms with E-state index < -0.39 is 5.82 Å². The number of halogens is 2. The van der Waals surface area contributed by atoms with E-state index in [2.05, 4.69) is 15.5 Å². The Hall–Kier alpha value is -3.36. The summed E-state index contributed by atoms with van der Waals surface area (Å²) < 4.78 is 20.5. The van der Waals surface area contributed by atoms with Gasteiger partial charge < -0.3 is 10.1 Å². The molecule has 0 spiro atoms. The van der Waals surface area contributed by atoms with Gasteiger partial charge in [-0.2, -0.15) is 0 Å². The maximum atomic E-state index is 13.4. The van der Waals surface area contributed by atoms with Crippen LogP contribution in [0.25, 0.3) is 17.1 Å². The number of nitrogens with zero attached hydrogens (tertiary/aromatic N) is 3. The molecule has 3 aromatic carbocycles. The van der Waals surface area contributed by atoms with Crippen LogP contribution >= 0.6 is 23.4 Å². The minimum atomic E-state index is -0.415. The van der Waals surface area contributed by atoms with E-state index >= 15 is 0 Å². The lowest BCUT2D eigenvalue weighted by Crippen LogP contribution is -2.14. The summed E-state index contributed by atoms with van der Waals surface area (Å²) in [6, 6.07) is 20.5. The van der Waals surface area contributed by atoms with Crippen molar-refractivity contribution in [1.29, 1.82) is 0 Å². The van der Waals surface area contributed by atoms with E-state index in [9.17, 15) is 9.18 Å². The minimum Gasteiger partial charge on any atom is -0.497 e. The number of aromatic nitrogens is 3. The Morgan fingerprint density at radius 1 is 1.09 bits per heavy atom. The fraction of sp³-hybridized carbons (Fsp3) is 0.0870. The maximum absolute atomic E-state index is 13.4. The van der Waals surface area contributed by atoms with Crippen molar-refractivity contribution in [3.63, 3.8) is 0 Å². The van der Waals surface area contributed by atoms with Crippen molar-refractivity contribution in [3.8, 4) is 22.8 Å². The Bertz CT molecular complexity index is 1230. The van der Waals surface area contributed by atoms with Gasteiger partial charge in [0.25, 0.3) is 0 Å². The number of ether oxygens (including phenoxy) is 1. The average molecular weight is 469 g/mol. The largest absolute Gasteiger partial charge is 0.497 e. The van der Waals surface area contributed by atoms with Gasteiger partial charge in [-0.25, -0.2) is 4.39 Å². The SMILES string of the molecule is COc1ccc(-n2c(SCC(=O)Nc3cccc(F)c3)nnc2-c2ccc(Cl)cc2)cc1. The average Bonchev–Trinajstić information content (AvgIpc) is 3.22. The molecule has 0 unspecified atom stereocenters. The molecule has 0 radical (unpaired) electrons. The summed E-state index contributed by atoms with van der Waals surface area (Å²) >= 11 is 7.25. The molecular formula is C23H18ClFN4O2S. The molecule has 0 saturated carbocycles. The first-order valence-electron chi connectivity index (χ1n) is 9.57. The molecule has 1 N–H and O–H groups in total. The fourth-order valence-corrected chi connectivity index (χ4v) is 3.88. The number of methoxy groups -OCH3 is 1. The number of benzene rings is 3. The highest BCUT2D eigenvalue weighted by Gasteiger charge is 2.17. The van der Waals surface area contributed by atoms with Gasteiger partial charge in [0.05, 0.1) is 12.9 Å². The molecule has 0 fully saturated rings. The van der Waals surface area contributed by atoms with Crippen molar-refractivity contribution in [1.82, 2.24) is 14.8 Å². The van der Waals surface area contributed by atoms with E-state index in [-0.39, 0.29) is 11.7 Å². The van der Waals surface area contributed by atoms with Crippen LogP contribution in [0, 0.1) is 5.82 Å². The highest BCUT2D eigenvalue weighted by molar-refractivity contribution is 7.99. The second kappa shape index (κ2) is 9.84. The van der Waals surface area contributed by atoms with Crippen molar-refractivity contribution in [3.05, 3.63) is 83.6 Å². The second-order valence-corrected chi connectivity index (χ2v) is 8.07. The lowest BCUT2D eigenvalue weighted by molar-refractivity contribution is -0.113. The highest BCUT2D eigenvalue weighted by Crippen LogP contribution is 2.29. The number of hydrogen-bond donors (Lipinski definition) is 1. The molecular weight excluding hydrogens is 451 g/mol. The third-order valence-corrected chi connectivity index (χ3v) is 5.69. The third-order valence-electron chi connectivity index (χ3n) is 4.51. The molecule has 9 heteroatoms. The zero-order chi connectivity index (χ0) is 22.5. The van der Waals surface area contributed by atoms with Gasteiger partial charge in [0.2, 0.25) is 5.91 Å². The standard InChI is InChI=1S/C23H18ClFN4O2S/c1-31-20-11-9-19(10-12-20)29-22(15-5-7-16(24)8-6-15)27-28-23(29)32-14-21(30)26-18-4-2-3-17(25)13-18/h2-13H,14H2,1H3,(H,26,30). The van der Waals surface area contributed by atoms with Crippen LogP contribution in [0.1, 0.15) is 0 Å². The number of hydrogen-bond acceptors (Lipinski definition) is 5. The Morgan fingerprint density at radius 2 is 1.84 bits per heavy atom. The van der Waals surface area contributed by atoms with Crippen LogP contribution < -0.4 is 10.1 Å². The molecule has 1 aromatic heterocycles. The van der Waals surface area contributed by atoms with Crippen LogP contribution in [0.5, 0.6) is 5.75 Å². The first-order valence-corrected chi connectivity index (χ1v) is 10.9. The van der Waals surface area contributed by atoms with E-state index in [4.69, 9.17) is 16.3 Å². The lowest BCUT2D eigenvalue weighted by Gasteiger charge is -2.11. The summed E-state index contributed by atoms with van der Waals surface area (Å²) in [6.45, 7) is 0. The summed E-state index contributed by atoms with van der Waals surface area (Å²) in [5, 5.41) is 12.5. The monoisotopic (exact) mass is 468 g/mol. The van der Waals surface area contributed by atoms with Crippen molar-refractivity contribution >= 4 is 35.0 Å². The molecule has 162 valence electrons. The first-order chi connectivity index (χ1) is 15.5. The van der Waals surface area contributed by atoms with Gasteiger partial charge in [-0.3, -0.25) is 9.36 Å². The second-order valence-electron chi connectivity index (χ2n) is 6.69. The van der Waals surface area contributed by atoms with E-state index in [0.29, 0.717) is 21.7 Å². The van der Waals surface area contributed by atoms with Gasteiger partial charge in [0.1, 0.15) is 11.6 Å². The lowest BCUT2D eigenvalue weighted by atomic mass is 10.2. The van der Waals surface area contributed by atoms with Crippen LogP contribution in [0.2, 0.25) is 5.02 Å². The van der Waals surface area contributed by atoms with Gasteiger partial charge in [-0.15, -0.1) is 10.2 Å². The molecule has 6 nitrogen and oxygen atoms in total. The molecule has 0 aliphatic heterocycles. The predicted molar refractivity (Wildman–Crippen MR) is 124 cm³/mol. The van der Waals surface area contributed by atoms with Crippen molar-refractivity contribution in [2.75, 3.05) is 18.2 Å². The summed E-state index contributed by atoms with van der Waals surface area (Å²) in [4.78, 5) is 12.4. The molecule has 0 saturated heterocycles. The highest BCUT2D eigenvalue weighted by atomic mass is 35.5. The smallest absolute Gasteiger partial charge is 0.234 e. The van der Waals surface area contributed by atoms with Crippen molar-refractivity contribution < 1.29 is 13.9 Å². The van der Waals surface area contributed by atoms with Crippen molar-refractivity contribution in [2.45, 2.75) is 5.16 Å². The van der Waals surface area contributed by atoms with Gasteiger partial charge in [-0.1, -0.05) is 29.4 Å². The van der Waals surface area contributed by atoms with Crippen LogP contribution in [-0.2, 0) is 4.79 Å². The van der Waals surface area contributed by atoms with E-state index in [1.807, 2.05) is 41.0 Å². The fourth-order valence-electron chi connectivity index (χ4n) is 3.01. The topological polar surface area (TPSA) is 69.0 Å². The summed E-state index contributed by atoms with van der Waals surface area (Å²) in [5.41, 5.74) is 2.04. The zero-order valence-electron chi connectivity index (χ0n) is 17.0.